The molecular weight excluding hydrogens is 270 g/mol. The summed E-state index contributed by atoms with van der Waals surface area (Å²) in [6.45, 7) is 5.84. The van der Waals surface area contributed by atoms with Crippen molar-refractivity contribution >= 4 is 11.8 Å². The maximum absolute atomic E-state index is 11.5. The van der Waals surface area contributed by atoms with Crippen molar-refractivity contribution in [1.29, 1.82) is 0 Å². The van der Waals surface area contributed by atoms with Crippen molar-refractivity contribution in [1.82, 2.24) is 26.2 Å². The van der Waals surface area contributed by atoms with E-state index in [9.17, 15) is 9.59 Å². The molecule has 3 aliphatic heterocycles. The average molecular weight is 297 g/mol. The molecule has 7 heteroatoms. The summed E-state index contributed by atoms with van der Waals surface area (Å²) in [6, 6.07) is 0. The zero-order valence-corrected chi connectivity index (χ0v) is 12.7. The Morgan fingerprint density at radius 2 is 1.05 bits per heavy atom. The van der Waals surface area contributed by atoms with Crippen LogP contribution in [0.25, 0.3) is 0 Å². The molecule has 0 aromatic rings. The number of amides is 2. The second-order valence-electron chi connectivity index (χ2n) is 5.73. The number of hydrazine groups is 2. The van der Waals surface area contributed by atoms with E-state index in [0.717, 1.165) is 51.9 Å². The number of nitrogens with zero attached hydrogens (tertiary/aromatic N) is 2. The van der Waals surface area contributed by atoms with Crippen LogP contribution in [0.2, 0.25) is 0 Å². The highest BCUT2D eigenvalue weighted by Gasteiger charge is 2.22. The predicted molar refractivity (Wildman–Crippen MR) is 80.0 cm³/mol. The molecule has 0 atom stereocenters. The standard InChI is InChI=1S/C10H18N4O2.C4H9N/c15-9(11-13-5-1-2-6-13)10(16)12-14-7-3-4-8-14;1-2-4-5-3-1/h1-8H2,(H,11,15)(H,12,16);5H,1-4H2. The van der Waals surface area contributed by atoms with Gasteiger partial charge in [0, 0.05) is 26.2 Å². The Bertz CT molecular complexity index is 299. The smallest absolute Gasteiger partial charge is 0.317 e. The molecule has 3 saturated heterocycles. The highest BCUT2D eigenvalue weighted by Crippen LogP contribution is 2.04. The third kappa shape index (κ3) is 5.99. The first-order chi connectivity index (χ1) is 10.3. The molecule has 0 unspecified atom stereocenters. The molecule has 0 aromatic heterocycles. The summed E-state index contributed by atoms with van der Waals surface area (Å²) in [4.78, 5) is 23.0. The molecule has 0 radical (unpaired) electrons. The largest absolute Gasteiger partial charge is 0.324 e. The normalized spacial score (nSPS) is 22.7. The van der Waals surface area contributed by atoms with Gasteiger partial charge in [-0.05, 0) is 51.6 Å². The van der Waals surface area contributed by atoms with Gasteiger partial charge in [0.15, 0.2) is 0 Å². The lowest BCUT2D eigenvalue weighted by molar-refractivity contribution is -0.144. The van der Waals surface area contributed by atoms with Crippen LogP contribution in [0.4, 0.5) is 0 Å². The number of carbonyl (C=O) groups is 2. The Hall–Kier alpha value is -1.18. The molecule has 3 fully saturated rings. The van der Waals surface area contributed by atoms with Crippen LogP contribution < -0.4 is 16.2 Å². The fourth-order valence-corrected chi connectivity index (χ4v) is 2.67. The Morgan fingerprint density at radius 1 is 0.667 bits per heavy atom. The molecule has 120 valence electrons. The van der Waals surface area contributed by atoms with Gasteiger partial charge >= 0.3 is 11.8 Å². The molecule has 3 heterocycles. The Morgan fingerprint density at radius 3 is 1.33 bits per heavy atom. The molecular formula is C14H27N5O2. The van der Waals surface area contributed by atoms with Crippen LogP contribution in [0.15, 0.2) is 0 Å². The maximum atomic E-state index is 11.5. The molecule has 21 heavy (non-hydrogen) atoms. The summed E-state index contributed by atoms with van der Waals surface area (Å²) in [6.07, 6.45) is 7.09. The van der Waals surface area contributed by atoms with Gasteiger partial charge in [-0.15, -0.1) is 0 Å². The third-order valence-corrected chi connectivity index (χ3v) is 3.89. The summed E-state index contributed by atoms with van der Waals surface area (Å²) < 4.78 is 0. The fraction of sp³-hybridized carbons (Fsp3) is 0.857. The highest BCUT2D eigenvalue weighted by atomic mass is 16.2. The topological polar surface area (TPSA) is 76.7 Å². The Balaban J connectivity index is 0.000000272. The first kappa shape index (κ1) is 16.2. The van der Waals surface area contributed by atoms with E-state index in [1.165, 1.54) is 25.9 Å². The first-order valence-corrected chi connectivity index (χ1v) is 8.08. The lowest BCUT2D eigenvalue weighted by Gasteiger charge is -2.18. The van der Waals surface area contributed by atoms with Gasteiger partial charge in [-0.1, -0.05) is 0 Å². The minimum Gasteiger partial charge on any atom is -0.317 e. The number of hydrogen-bond donors (Lipinski definition) is 3. The molecule has 0 aromatic carbocycles. The first-order valence-electron chi connectivity index (χ1n) is 8.08. The zero-order chi connectivity index (χ0) is 14.9. The van der Waals surface area contributed by atoms with Gasteiger partial charge in [-0.2, -0.15) is 0 Å². The van der Waals surface area contributed by atoms with Gasteiger partial charge in [0.2, 0.25) is 0 Å². The van der Waals surface area contributed by atoms with Crippen LogP contribution >= 0.6 is 0 Å². The van der Waals surface area contributed by atoms with Crippen molar-refractivity contribution in [3.63, 3.8) is 0 Å². The van der Waals surface area contributed by atoms with Crippen LogP contribution in [0.3, 0.4) is 0 Å². The summed E-state index contributed by atoms with van der Waals surface area (Å²) in [5, 5.41) is 6.82. The average Bonchev–Trinajstić information content (AvgIpc) is 3.24. The second kappa shape index (κ2) is 8.96. The van der Waals surface area contributed by atoms with Gasteiger partial charge in [0.05, 0.1) is 0 Å². The van der Waals surface area contributed by atoms with E-state index in [-0.39, 0.29) is 0 Å². The SMILES string of the molecule is C1CCNC1.O=C(NN1CCCC1)C(=O)NN1CCCC1. The maximum Gasteiger partial charge on any atom is 0.324 e. The van der Waals surface area contributed by atoms with Crippen LogP contribution in [0, 0.1) is 0 Å². The molecule has 3 rings (SSSR count). The Labute approximate surface area is 126 Å². The van der Waals surface area contributed by atoms with Crippen molar-refractivity contribution in [3.8, 4) is 0 Å². The number of hydrogen-bond acceptors (Lipinski definition) is 5. The van der Waals surface area contributed by atoms with Gasteiger partial charge in [-0.3, -0.25) is 20.4 Å². The van der Waals surface area contributed by atoms with Gasteiger partial charge in [0.1, 0.15) is 0 Å². The van der Waals surface area contributed by atoms with Gasteiger partial charge in [-0.25, -0.2) is 10.0 Å². The van der Waals surface area contributed by atoms with Gasteiger partial charge in [0.25, 0.3) is 0 Å². The minimum absolute atomic E-state index is 0.561. The monoisotopic (exact) mass is 297 g/mol. The number of rotatable bonds is 2. The molecule has 0 saturated carbocycles. The molecule has 0 bridgehead atoms. The summed E-state index contributed by atoms with van der Waals surface area (Å²) in [7, 11) is 0. The second-order valence-corrected chi connectivity index (χ2v) is 5.73. The van der Waals surface area contributed by atoms with Crippen molar-refractivity contribution in [2.75, 3.05) is 39.3 Å². The van der Waals surface area contributed by atoms with E-state index >= 15 is 0 Å². The minimum atomic E-state index is -0.561. The van der Waals surface area contributed by atoms with Crippen LogP contribution in [0.5, 0.6) is 0 Å². The number of carbonyl (C=O) groups excluding carboxylic acids is 2. The number of nitrogens with one attached hydrogen (secondary N) is 3. The molecule has 0 spiro atoms. The van der Waals surface area contributed by atoms with E-state index < -0.39 is 11.8 Å². The Kier molecular flexibility index (Phi) is 6.91. The molecule has 0 aliphatic carbocycles. The predicted octanol–water partition coefficient (Wildman–Crippen LogP) is -0.390. The van der Waals surface area contributed by atoms with Crippen molar-refractivity contribution < 1.29 is 9.59 Å². The third-order valence-electron chi connectivity index (χ3n) is 3.89. The zero-order valence-electron chi connectivity index (χ0n) is 12.7. The van der Waals surface area contributed by atoms with Crippen molar-refractivity contribution in [2.45, 2.75) is 38.5 Å². The van der Waals surface area contributed by atoms with Crippen LogP contribution in [0.1, 0.15) is 38.5 Å². The molecule has 3 N–H and O–H groups in total. The summed E-state index contributed by atoms with van der Waals surface area (Å²) in [5.74, 6) is -1.12. The van der Waals surface area contributed by atoms with E-state index in [0.29, 0.717) is 0 Å². The molecule has 3 aliphatic rings. The van der Waals surface area contributed by atoms with Crippen molar-refractivity contribution in [3.05, 3.63) is 0 Å². The fourth-order valence-electron chi connectivity index (χ4n) is 2.67. The van der Waals surface area contributed by atoms with Gasteiger partial charge < -0.3 is 5.32 Å². The quantitative estimate of drug-likeness (QED) is 0.605. The lowest BCUT2D eigenvalue weighted by atomic mass is 10.4. The summed E-state index contributed by atoms with van der Waals surface area (Å²) >= 11 is 0. The van der Waals surface area contributed by atoms with Crippen molar-refractivity contribution in [2.24, 2.45) is 0 Å². The highest BCUT2D eigenvalue weighted by molar-refractivity contribution is 6.34. The van der Waals surface area contributed by atoms with E-state index in [2.05, 4.69) is 16.2 Å². The van der Waals surface area contributed by atoms with Crippen LogP contribution in [-0.4, -0.2) is 61.1 Å². The summed E-state index contributed by atoms with van der Waals surface area (Å²) in [5.41, 5.74) is 5.22. The molecule has 2 amide bonds. The van der Waals surface area contributed by atoms with E-state index in [1.54, 1.807) is 10.0 Å². The van der Waals surface area contributed by atoms with E-state index in [4.69, 9.17) is 0 Å². The molecule has 7 nitrogen and oxygen atoms in total. The van der Waals surface area contributed by atoms with E-state index in [1.807, 2.05) is 0 Å². The van der Waals surface area contributed by atoms with Crippen LogP contribution in [-0.2, 0) is 9.59 Å². The lowest BCUT2D eigenvalue weighted by Crippen LogP contribution is -2.51.